The molecule has 0 aliphatic carbocycles. The zero-order valence-corrected chi connectivity index (χ0v) is 15.9. The molecule has 0 aliphatic heterocycles. The number of rotatable bonds is 6. The summed E-state index contributed by atoms with van der Waals surface area (Å²) in [7, 11) is -1.88. The van der Waals surface area contributed by atoms with Gasteiger partial charge in [-0.15, -0.1) is 0 Å². The fourth-order valence-electron chi connectivity index (χ4n) is 2.36. The van der Waals surface area contributed by atoms with Crippen LogP contribution in [0.3, 0.4) is 0 Å². The molecule has 2 rings (SSSR count). The molecule has 0 unspecified atom stereocenters. The predicted molar refractivity (Wildman–Crippen MR) is 99.1 cm³/mol. The third kappa shape index (κ3) is 5.29. The van der Waals surface area contributed by atoms with Gasteiger partial charge in [0.1, 0.15) is 0 Å². The molecular weight excluding hydrogens is 360 g/mol. The molecule has 5 nitrogen and oxygen atoms in total. The van der Waals surface area contributed by atoms with Crippen molar-refractivity contribution in [3.8, 4) is 0 Å². The van der Waals surface area contributed by atoms with Gasteiger partial charge in [0.2, 0.25) is 10.0 Å². The summed E-state index contributed by atoms with van der Waals surface area (Å²) in [5.41, 5.74) is 1.34. The quantitative estimate of drug-likeness (QED) is 0.836. The molecule has 1 N–H and O–H groups in total. The summed E-state index contributed by atoms with van der Waals surface area (Å²) in [5.74, 6) is -0.194. The minimum absolute atomic E-state index is 0.134. The Labute approximate surface area is 153 Å². The highest BCUT2D eigenvalue weighted by Crippen LogP contribution is 2.15. The van der Waals surface area contributed by atoms with E-state index in [1.54, 1.807) is 37.9 Å². The van der Waals surface area contributed by atoms with Gasteiger partial charge in [-0.2, -0.15) is 0 Å². The van der Waals surface area contributed by atoms with Gasteiger partial charge in [0, 0.05) is 30.2 Å². The molecular formula is C18H21ClN2O3S. The largest absolute Gasteiger partial charge is 0.337 e. The SMILES string of the molecule is CC(C)NS(=O)(=O)c1ccc(C(=O)N(C)Cc2cccc(Cl)c2)cc1. The van der Waals surface area contributed by atoms with Crippen LogP contribution in [0.1, 0.15) is 29.8 Å². The second kappa shape index (κ2) is 7.99. The Bertz CT molecular complexity index is 849. The van der Waals surface area contributed by atoms with E-state index in [4.69, 9.17) is 11.6 Å². The van der Waals surface area contributed by atoms with Crippen LogP contribution < -0.4 is 4.72 Å². The zero-order chi connectivity index (χ0) is 18.6. The normalized spacial score (nSPS) is 11.6. The molecule has 0 aliphatic rings. The van der Waals surface area contributed by atoms with Crippen molar-refractivity contribution in [3.63, 3.8) is 0 Å². The van der Waals surface area contributed by atoms with Crippen LogP contribution in [0.4, 0.5) is 0 Å². The van der Waals surface area contributed by atoms with Gasteiger partial charge in [-0.1, -0.05) is 23.7 Å². The van der Waals surface area contributed by atoms with E-state index in [1.807, 2.05) is 12.1 Å². The number of halogens is 1. The molecule has 134 valence electrons. The van der Waals surface area contributed by atoms with Gasteiger partial charge in [-0.3, -0.25) is 4.79 Å². The van der Waals surface area contributed by atoms with Gasteiger partial charge in [0.05, 0.1) is 4.90 Å². The summed E-state index contributed by atoms with van der Waals surface area (Å²) in [6.07, 6.45) is 0. The molecule has 0 atom stereocenters. The lowest BCUT2D eigenvalue weighted by molar-refractivity contribution is 0.0785. The number of nitrogens with zero attached hydrogens (tertiary/aromatic N) is 1. The molecule has 0 radical (unpaired) electrons. The lowest BCUT2D eigenvalue weighted by Crippen LogP contribution is -2.30. The van der Waals surface area contributed by atoms with E-state index in [0.717, 1.165) is 5.56 Å². The second-order valence-corrected chi connectivity index (χ2v) is 8.24. The van der Waals surface area contributed by atoms with Gasteiger partial charge in [0.15, 0.2) is 0 Å². The molecule has 0 spiro atoms. The first-order valence-electron chi connectivity index (χ1n) is 7.81. The topological polar surface area (TPSA) is 66.5 Å². The number of sulfonamides is 1. The average molecular weight is 381 g/mol. The Morgan fingerprint density at radius 1 is 1.16 bits per heavy atom. The van der Waals surface area contributed by atoms with Crippen molar-refractivity contribution in [3.05, 3.63) is 64.7 Å². The van der Waals surface area contributed by atoms with Crippen LogP contribution in [0.15, 0.2) is 53.4 Å². The maximum Gasteiger partial charge on any atom is 0.253 e. The molecule has 0 saturated carbocycles. The van der Waals surface area contributed by atoms with Crippen molar-refractivity contribution < 1.29 is 13.2 Å². The van der Waals surface area contributed by atoms with Crippen LogP contribution in [-0.2, 0) is 16.6 Å². The first kappa shape index (κ1) is 19.4. The van der Waals surface area contributed by atoms with E-state index in [1.165, 1.54) is 24.3 Å². The standard InChI is InChI=1S/C18H21ClN2O3S/c1-13(2)20-25(23,24)17-9-7-15(8-10-17)18(22)21(3)12-14-5-4-6-16(19)11-14/h4-11,13,20H,12H2,1-3H3. The third-order valence-corrected chi connectivity index (χ3v) is 5.37. The lowest BCUT2D eigenvalue weighted by Gasteiger charge is -2.18. The summed E-state index contributed by atoms with van der Waals surface area (Å²) in [6, 6.07) is 13.0. The second-order valence-electron chi connectivity index (χ2n) is 6.09. The number of carbonyl (C=O) groups excluding carboxylic acids is 1. The molecule has 0 heterocycles. The number of carbonyl (C=O) groups is 1. The first-order chi connectivity index (χ1) is 11.7. The van der Waals surface area contributed by atoms with Gasteiger partial charge < -0.3 is 4.90 Å². The maximum absolute atomic E-state index is 12.5. The summed E-state index contributed by atoms with van der Waals surface area (Å²) < 4.78 is 26.7. The molecule has 2 aromatic carbocycles. The fourth-order valence-corrected chi connectivity index (χ4v) is 3.82. The number of hydrogen-bond acceptors (Lipinski definition) is 3. The molecule has 25 heavy (non-hydrogen) atoms. The van der Waals surface area contributed by atoms with Crippen molar-refractivity contribution in [1.29, 1.82) is 0 Å². The van der Waals surface area contributed by atoms with Crippen LogP contribution in [-0.4, -0.2) is 32.3 Å². The highest BCUT2D eigenvalue weighted by molar-refractivity contribution is 7.89. The van der Waals surface area contributed by atoms with E-state index in [-0.39, 0.29) is 16.8 Å². The van der Waals surface area contributed by atoms with Crippen LogP contribution in [0.5, 0.6) is 0 Å². The summed E-state index contributed by atoms with van der Waals surface area (Å²) >= 11 is 5.95. The fraction of sp³-hybridized carbons (Fsp3) is 0.278. The molecule has 0 aromatic heterocycles. The number of hydrogen-bond donors (Lipinski definition) is 1. The van der Waals surface area contributed by atoms with Crippen LogP contribution in [0.25, 0.3) is 0 Å². The minimum Gasteiger partial charge on any atom is -0.337 e. The monoisotopic (exact) mass is 380 g/mol. The molecule has 1 amide bonds. The Kier molecular flexibility index (Phi) is 6.21. The number of nitrogens with one attached hydrogen (secondary N) is 1. The Hall–Kier alpha value is -1.89. The molecule has 0 saturated heterocycles. The van der Waals surface area contributed by atoms with Gasteiger partial charge in [-0.25, -0.2) is 13.1 Å². The Morgan fingerprint density at radius 2 is 1.80 bits per heavy atom. The molecule has 0 bridgehead atoms. The molecule has 0 fully saturated rings. The highest BCUT2D eigenvalue weighted by Gasteiger charge is 2.17. The van der Waals surface area contributed by atoms with E-state index in [9.17, 15) is 13.2 Å². The number of amides is 1. The molecule has 2 aromatic rings. The first-order valence-corrected chi connectivity index (χ1v) is 9.67. The lowest BCUT2D eigenvalue weighted by atomic mass is 10.1. The summed E-state index contributed by atoms with van der Waals surface area (Å²) in [6.45, 7) is 3.91. The predicted octanol–water partition coefficient (Wildman–Crippen LogP) is 3.30. The highest BCUT2D eigenvalue weighted by atomic mass is 35.5. The van der Waals surface area contributed by atoms with E-state index in [0.29, 0.717) is 17.1 Å². The van der Waals surface area contributed by atoms with Crippen LogP contribution in [0.2, 0.25) is 5.02 Å². The van der Waals surface area contributed by atoms with Crippen molar-refractivity contribution in [2.24, 2.45) is 0 Å². The minimum atomic E-state index is -3.57. The smallest absolute Gasteiger partial charge is 0.253 e. The van der Waals surface area contributed by atoms with E-state index < -0.39 is 10.0 Å². The van der Waals surface area contributed by atoms with Crippen molar-refractivity contribution in [2.45, 2.75) is 31.3 Å². The van der Waals surface area contributed by atoms with E-state index in [2.05, 4.69) is 4.72 Å². The van der Waals surface area contributed by atoms with Crippen LogP contribution >= 0.6 is 11.6 Å². The van der Waals surface area contributed by atoms with E-state index >= 15 is 0 Å². The number of benzene rings is 2. The maximum atomic E-state index is 12.5. The average Bonchev–Trinajstić information content (AvgIpc) is 2.53. The zero-order valence-electron chi connectivity index (χ0n) is 14.4. The van der Waals surface area contributed by atoms with Gasteiger partial charge in [-0.05, 0) is 55.8 Å². The Morgan fingerprint density at radius 3 is 2.36 bits per heavy atom. The summed E-state index contributed by atoms with van der Waals surface area (Å²) in [4.78, 5) is 14.2. The van der Waals surface area contributed by atoms with Gasteiger partial charge in [0.25, 0.3) is 5.91 Å². The Balaban J connectivity index is 2.12. The van der Waals surface area contributed by atoms with Crippen molar-refractivity contribution in [2.75, 3.05) is 7.05 Å². The van der Waals surface area contributed by atoms with Crippen LogP contribution in [0, 0.1) is 0 Å². The van der Waals surface area contributed by atoms with Gasteiger partial charge >= 0.3 is 0 Å². The van der Waals surface area contributed by atoms with Crippen molar-refractivity contribution in [1.82, 2.24) is 9.62 Å². The third-order valence-electron chi connectivity index (χ3n) is 3.46. The van der Waals surface area contributed by atoms with Crippen molar-refractivity contribution >= 4 is 27.5 Å². The summed E-state index contributed by atoms with van der Waals surface area (Å²) in [5, 5.41) is 0.616. The molecule has 7 heteroatoms.